The van der Waals surface area contributed by atoms with Crippen molar-refractivity contribution in [1.82, 2.24) is 0 Å². The highest BCUT2D eigenvalue weighted by molar-refractivity contribution is 6.01. The molecule has 1 aliphatic heterocycles. The molecule has 1 saturated carbocycles. The summed E-state index contributed by atoms with van der Waals surface area (Å²) in [5.74, 6) is -0.566. The molecule has 0 aromatic heterocycles. The number of carbonyl (C=O) groups excluding carboxylic acids is 2. The van der Waals surface area contributed by atoms with E-state index in [1.54, 1.807) is 0 Å². The summed E-state index contributed by atoms with van der Waals surface area (Å²) in [4.78, 5) is 21.2. The van der Waals surface area contributed by atoms with E-state index in [1.165, 1.54) is 0 Å². The third-order valence-corrected chi connectivity index (χ3v) is 2.12. The second-order valence-corrected chi connectivity index (χ2v) is 2.65. The molecule has 1 aliphatic carbocycles. The van der Waals surface area contributed by atoms with Crippen LogP contribution >= 0.6 is 0 Å². The lowest BCUT2D eigenvalue weighted by Crippen LogP contribution is -2.08. The Labute approximate surface area is 52.0 Å². The molecule has 2 fully saturated rings. The number of carbonyl (C=O) groups is 2. The van der Waals surface area contributed by atoms with Gasteiger partial charge in [0.05, 0.1) is 11.8 Å². The van der Waals surface area contributed by atoms with Gasteiger partial charge in [-0.25, -0.2) is 0 Å². The Kier molecular flexibility index (Phi) is 0.648. The molecule has 0 bridgehead atoms. The minimum Gasteiger partial charge on any atom is -0.393 e. The summed E-state index contributed by atoms with van der Waals surface area (Å²) in [6, 6.07) is 0. The molecule has 0 spiro atoms. The van der Waals surface area contributed by atoms with Crippen molar-refractivity contribution in [2.45, 2.75) is 6.92 Å². The number of esters is 2. The summed E-state index contributed by atoms with van der Waals surface area (Å²) in [7, 11) is 0. The first kappa shape index (κ1) is 4.97. The van der Waals surface area contributed by atoms with Crippen molar-refractivity contribution in [3.05, 3.63) is 0 Å². The predicted octanol–water partition coefficient (Wildman–Crippen LogP) is -0.0481. The van der Waals surface area contributed by atoms with Crippen molar-refractivity contribution in [1.29, 1.82) is 0 Å². The van der Waals surface area contributed by atoms with Gasteiger partial charge in [0.1, 0.15) is 0 Å². The average Bonchev–Trinajstić information content (AvgIpc) is 2.30. The predicted molar refractivity (Wildman–Crippen MR) is 27.2 cm³/mol. The molecule has 0 aromatic rings. The van der Waals surface area contributed by atoms with Gasteiger partial charge in [-0.05, 0) is 5.92 Å². The van der Waals surface area contributed by atoms with Crippen molar-refractivity contribution in [3.63, 3.8) is 0 Å². The van der Waals surface area contributed by atoms with Gasteiger partial charge < -0.3 is 4.74 Å². The molecule has 9 heavy (non-hydrogen) atoms. The van der Waals surface area contributed by atoms with Crippen LogP contribution in [0.25, 0.3) is 0 Å². The zero-order valence-electron chi connectivity index (χ0n) is 4.96. The van der Waals surface area contributed by atoms with Crippen LogP contribution in [0.3, 0.4) is 0 Å². The Morgan fingerprint density at radius 3 is 1.89 bits per heavy atom. The normalized spacial score (nSPS) is 46.6. The molecule has 2 unspecified atom stereocenters. The molecule has 1 saturated heterocycles. The standard InChI is InChI=1S/C6H6O3/c1-2-3-4(2)6(8)9-5(3)7/h2-4H,1H3. The average molecular weight is 126 g/mol. The number of cyclic esters (lactones) is 2. The Bertz CT molecular complexity index is 176. The smallest absolute Gasteiger partial charge is 0.317 e. The van der Waals surface area contributed by atoms with Gasteiger partial charge in [-0.3, -0.25) is 9.59 Å². The third-order valence-electron chi connectivity index (χ3n) is 2.12. The Hall–Kier alpha value is -0.860. The maximum absolute atomic E-state index is 10.6. The summed E-state index contributed by atoms with van der Waals surface area (Å²) in [6.07, 6.45) is 0. The Morgan fingerprint density at radius 2 is 1.67 bits per heavy atom. The Balaban J connectivity index is 2.28. The van der Waals surface area contributed by atoms with Crippen LogP contribution in [0.2, 0.25) is 0 Å². The molecule has 0 aromatic carbocycles. The van der Waals surface area contributed by atoms with Crippen molar-refractivity contribution in [2.75, 3.05) is 0 Å². The second-order valence-electron chi connectivity index (χ2n) is 2.65. The first-order chi connectivity index (χ1) is 4.22. The maximum atomic E-state index is 10.6. The quantitative estimate of drug-likeness (QED) is 0.337. The topological polar surface area (TPSA) is 43.4 Å². The van der Waals surface area contributed by atoms with E-state index < -0.39 is 0 Å². The van der Waals surface area contributed by atoms with E-state index in [4.69, 9.17) is 0 Å². The van der Waals surface area contributed by atoms with Crippen LogP contribution in [0.1, 0.15) is 6.92 Å². The lowest BCUT2D eigenvalue weighted by atomic mass is 10.3. The maximum Gasteiger partial charge on any atom is 0.317 e. The zero-order chi connectivity index (χ0) is 6.59. The van der Waals surface area contributed by atoms with E-state index >= 15 is 0 Å². The van der Waals surface area contributed by atoms with Crippen LogP contribution in [-0.4, -0.2) is 11.9 Å². The highest BCUT2D eigenvalue weighted by Crippen LogP contribution is 2.51. The van der Waals surface area contributed by atoms with Crippen LogP contribution in [0.15, 0.2) is 0 Å². The molecule has 3 heteroatoms. The van der Waals surface area contributed by atoms with E-state index in [1.807, 2.05) is 6.92 Å². The van der Waals surface area contributed by atoms with Crippen LogP contribution in [0.4, 0.5) is 0 Å². The summed E-state index contributed by atoms with van der Waals surface area (Å²) in [5, 5.41) is 0. The first-order valence-corrected chi connectivity index (χ1v) is 2.97. The van der Waals surface area contributed by atoms with E-state index in [2.05, 4.69) is 4.74 Å². The minimum absolute atomic E-state index is 0.0856. The molecule has 1 heterocycles. The fourth-order valence-corrected chi connectivity index (χ4v) is 1.42. The van der Waals surface area contributed by atoms with Crippen LogP contribution in [-0.2, 0) is 14.3 Å². The third kappa shape index (κ3) is 0.422. The van der Waals surface area contributed by atoms with Gasteiger partial charge in [0, 0.05) is 0 Å². The molecule has 2 aliphatic rings. The molecular formula is C6H6O3. The molecule has 0 amide bonds. The summed E-state index contributed by atoms with van der Waals surface area (Å²) in [6.45, 7) is 1.90. The first-order valence-electron chi connectivity index (χ1n) is 2.97. The fraction of sp³-hybridized carbons (Fsp3) is 0.667. The molecule has 48 valence electrons. The van der Waals surface area contributed by atoms with E-state index in [0.717, 1.165) is 0 Å². The summed E-state index contributed by atoms with van der Waals surface area (Å²) in [5.41, 5.74) is 0. The van der Waals surface area contributed by atoms with E-state index in [0.29, 0.717) is 0 Å². The SMILES string of the molecule is CC1C2C(=O)OC(=O)C12. The van der Waals surface area contributed by atoms with Gasteiger partial charge in [-0.2, -0.15) is 0 Å². The lowest BCUT2D eigenvalue weighted by Gasteiger charge is -1.93. The van der Waals surface area contributed by atoms with Crippen LogP contribution in [0.5, 0.6) is 0 Å². The van der Waals surface area contributed by atoms with Crippen LogP contribution < -0.4 is 0 Å². The van der Waals surface area contributed by atoms with Crippen molar-refractivity contribution >= 4 is 11.9 Å². The van der Waals surface area contributed by atoms with Gasteiger partial charge in [-0.15, -0.1) is 0 Å². The zero-order valence-corrected chi connectivity index (χ0v) is 4.96. The number of rotatable bonds is 0. The van der Waals surface area contributed by atoms with Crippen molar-refractivity contribution in [3.8, 4) is 0 Å². The van der Waals surface area contributed by atoms with Crippen molar-refractivity contribution in [2.24, 2.45) is 17.8 Å². The van der Waals surface area contributed by atoms with Gasteiger partial charge in [0.2, 0.25) is 0 Å². The molecular weight excluding hydrogens is 120 g/mol. The number of fused-ring (bicyclic) bond motifs is 1. The summed E-state index contributed by atoms with van der Waals surface area (Å²) >= 11 is 0. The summed E-state index contributed by atoms with van der Waals surface area (Å²) < 4.78 is 4.32. The fourth-order valence-electron chi connectivity index (χ4n) is 1.42. The van der Waals surface area contributed by atoms with Gasteiger partial charge >= 0.3 is 11.9 Å². The van der Waals surface area contributed by atoms with Gasteiger partial charge in [0.25, 0.3) is 0 Å². The van der Waals surface area contributed by atoms with Crippen molar-refractivity contribution < 1.29 is 14.3 Å². The second kappa shape index (κ2) is 1.17. The van der Waals surface area contributed by atoms with Crippen LogP contribution in [0, 0.1) is 17.8 Å². The molecule has 0 N–H and O–H groups in total. The molecule has 0 radical (unpaired) electrons. The molecule has 3 nitrogen and oxygen atoms in total. The highest BCUT2D eigenvalue weighted by Gasteiger charge is 2.63. The molecule has 2 rings (SSSR count). The lowest BCUT2D eigenvalue weighted by molar-refractivity contribution is -0.156. The largest absolute Gasteiger partial charge is 0.393 e. The highest BCUT2D eigenvalue weighted by atomic mass is 16.6. The van der Waals surface area contributed by atoms with E-state index in [9.17, 15) is 9.59 Å². The monoisotopic (exact) mass is 126 g/mol. The van der Waals surface area contributed by atoms with Gasteiger partial charge in [0.15, 0.2) is 0 Å². The van der Waals surface area contributed by atoms with E-state index in [-0.39, 0.29) is 29.7 Å². The Morgan fingerprint density at radius 1 is 1.22 bits per heavy atom. The number of hydrogen-bond acceptors (Lipinski definition) is 3. The number of ether oxygens (including phenoxy) is 1. The number of hydrogen-bond donors (Lipinski definition) is 0. The van der Waals surface area contributed by atoms with Gasteiger partial charge in [-0.1, -0.05) is 6.92 Å². The molecule has 2 atom stereocenters. The minimum atomic E-state index is -0.322.